The molecule has 1 saturated heterocycles. The molecule has 0 radical (unpaired) electrons. The number of hydrogen-bond acceptors (Lipinski definition) is 9. The van der Waals surface area contributed by atoms with E-state index >= 15 is 4.39 Å². The molecule has 6 N–H and O–H groups in total. The quantitative estimate of drug-likeness (QED) is 0.157. The van der Waals surface area contributed by atoms with Crippen molar-refractivity contribution in [3.63, 3.8) is 0 Å². The molecule has 0 aromatic heterocycles. The summed E-state index contributed by atoms with van der Waals surface area (Å²) in [6.45, 7) is -0.972. The third kappa shape index (κ3) is 6.22. The van der Waals surface area contributed by atoms with E-state index in [1.54, 1.807) is 0 Å². The van der Waals surface area contributed by atoms with E-state index in [1.807, 2.05) is 5.32 Å². The van der Waals surface area contributed by atoms with E-state index in [0.717, 1.165) is 12.1 Å². The molecule has 0 spiro atoms. The van der Waals surface area contributed by atoms with Crippen LogP contribution in [0.4, 0.5) is 22.8 Å². The maximum Gasteiger partial charge on any atom is 0.547 e. The first-order chi connectivity index (χ1) is 20.3. The van der Waals surface area contributed by atoms with Crippen molar-refractivity contribution in [3.05, 3.63) is 58.4 Å². The Balaban J connectivity index is 1.68. The minimum Gasteiger partial charge on any atom is -0.534 e. The number of carbonyl (C=O) groups is 4. The average molecular weight is 664 g/mol. The van der Waals surface area contributed by atoms with Gasteiger partial charge in [-0.2, -0.15) is 0 Å². The van der Waals surface area contributed by atoms with Gasteiger partial charge in [-0.1, -0.05) is 12.1 Å². The SMILES string of the molecule is CS(=O)(=O)N1CCN(C(=O)N[C@@H](C(=O)N[C@H]2Cc3ccc(F)c(C(=O)O)c3OB2O)c2ccc(P(=O)(O)O)c(F)c2F)C1=O. The molecule has 2 heterocycles. The number of carbonyl (C=O) groups excluding carboxylic acids is 3. The van der Waals surface area contributed by atoms with E-state index in [2.05, 4.69) is 5.32 Å². The molecule has 1 fully saturated rings. The van der Waals surface area contributed by atoms with Gasteiger partial charge in [-0.15, -0.1) is 0 Å². The molecule has 22 heteroatoms. The Morgan fingerprint density at radius 1 is 1.11 bits per heavy atom. The highest BCUT2D eigenvalue weighted by Crippen LogP contribution is 2.36. The number of carboxylic acids is 1. The molecule has 2 aliphatic heterocycles. The molecule has 2 aliphatic rings. The molecular weight excluding hydrogens is 643 g/mol. The first-order valence-electron chi connectivity index (χ1n) is 12.2. The van der Waals surface area contributed by atoms with E-state index in [-0.39, 0.29) is 5.56 Å². The van der Waals surface area contributed by atoms with Crippen LogP contribution in [-0.2, 0) is 25.8 Å². The van der Waals surface area contributed by atoms with Crippen molar-refractivity contribution in [2.24, 2.45) is 0 Å². The van der Waals surface area contributed by atoms with Gasteiger partial charge < -0.3 is 35.2 Å². The fraction of sp³-hybridized carbons (Fsp3) is 0.273. The number of hydrogen-bond donors (Lipinski definition) is 6. The largest absolute Gasteiger partial charge is 0.547 e. The van der Waals surface area contributed by atoms with Crippen LogP contribution in [0.2, 0.25) is 0 Å². The molecule has 0 aliphatic carbocycles. The fourth-order valence-electron chi connectivity index (χ4n) is 4.53. The number of sulfonamides is 1. The Labute approximate surface area is 245 Å². The molecule has 236 valence electrons. The van der Waals surface area contributed by atoms with Crippen LogP contribution in [0, 0.1) is 17.5 Å². The van der Waals surface area contributed by atoms with Crippen LogP contribution in [0.3, 0.4) is 0 Å². The van der Waals surface area contributed by atoms with Crippen molar-refractivity contribution in [3.8, 4) is 5.75 Å². The summed E-state index contributed by atoms with van der Waals surface area (Å²) in [5.41, 5.74) is -1.90. The average Bonchev–Trinajstić information content (AvgIpc) is 3.30. The van der Waals surface area contributed by atoms with Gasteiger partial charge in [0, 0.05) is 5.56 Å². The summed E-state index contributed by atoms with van der Waals surface area (Å²) in [6, 6.07) is -2.15. The predicted octanol–water partition coefficient (Wildman–Crippen LogP) is -0.807. The summed E-state index contributed by atoms with van der Waals surface area (Å²) in [6.07, 6.45) is 0.290. The number of carboxylic acid groups (broad SMARTS) is 1. The molecule has 0 bridgehead atoms. The van der Waals surface area contributed by atoms with Crippen LogP contribution in [0.5, 0.6) is 5.75 Å². The number of imide groups is 1. The smallest absolute Gasteiger partial charge is 0.534 e. The molecule has 44 heavy (non-hydrogen) atoms. The lowest BCUT2D eigenvalue weighted by molar-refractivity contribution is -0.123. The molecule has 16 nitrogen and oxygen atoms in total. The lowest BCUT2D eigenvalue weighted by atomic mass is 9.72. The number of nitrogens with zero attached hydrogens (tertiary/aromatic N) is 2. The van der Waals surface area contributed by atoms with Gasteiger partial charge >= 0.3 is 32.7 Å². The van der Waals surface area contributed by atoms with E-state index in [1.165, 1.54) is 0 Å². The Hall–Kier alpha value is -4.17. The summed E-state index contributed by atoms with van der Waals surface area (Å²) in [7, 11) is -11.5. The molecule has 5 amide bonds. The number of aromatic carboxylic acids is 1. The maximum absolute atomic E-state index is 15.2. The maximum atomic E-state index is 15.2. The van der Waals surface area contributed by atoms with Crippen molar-refractivity contribution in [1.82, 2.24) is 19.8 Å². The van der Waals surface area contributed by atoms with Crippen molar-refractivity contribution in [1.29, 1.82) is 0 Å². The zero-order valence-corrected chi connectivity index (χ0v) is 23.8. The minimum atomic E-state index is -5.35. The molecule has 2 aromatic carbocycles. The molecule has 0 unspecified atom stereocenters. The van der Waals surface area contributed by atoms with E-state index in [0.29, 0.717) is 27.6 Å². The van der Waals surface area contributed by atoms with Crippen LogP contribution < -0.4 is 20.6 Å². The first kappa shape index (κ1) is 32.7. The van der Waals surface area contributed by atoms with Crippen LogP contribution in [-0.4, -0.2) is 93.9 Å². The third-order valence-corrected chi connectivity index (χ3v) is 8.73. The fourth-order valence-corrected chi connectivity index (χ4v) is 5.94. The highest BCUT2D eigenvalue weighted by Gasteiger charge is 2.43. The number of benzene rings is 2. The van der Waals surface area contributed by atoms with Crippen molar-refractivity contribution in [2.75, 3.05) is 19.3 Å². The predicted molar refractivity (Wildman–Crippen MR) is 141 cm³/mol. The van der Waals surface area contributed by atoms with Gasteiger partial charge in [-0.25, -0.2) is 45.2 Å². The lowest BCUT2D eigenvalue weighted by Crippen LogP contribution is -2.56. The summed E-state index contributed by atoms with van der Waals surface area (Å²) < 4.78 is 84.5. The van der Waals surface area contributed by atoms with Crippen molar-refractivity contribution < 1.29 is 69.9 Å². The molecule has 0 saturated carbocycles. The molecule has 2 atom stereocenters. The second-order valence-electron chi connectivity index (χ2n) is 9.54. The second kappa shape index (κ2) is 11.7. The minimum absolute atomic E-state index is 0.00624. The monoisotopic (exact) mass is 664 g/mol. The van der Waals surface area contributed by atoms with Gasteiger partial charge in [0.2, 0.25) is 15.9 Å². The number of rotatable bonds is 7. The summed E-state index contributed by atoms with van der Waals surface area (Å²) in [5.74, 6) is -10.4. The first-order valence-corrected chi connectivity index (χ1v) is 15.6. The summed E-state index contributed by atoms with van der Waals surface area (Å²) in [5, 5.41) is 22.5. The van der Waals surface area contributed by atoms with Crippen LogP contribution >= 0.6 is 7.60 Å². The van der Waals surface area contributed by atoms with Crippen LogP contribution in [0.1, 0.15) is 27.5 Å². The molecule has 2 aromatic rings. The number of nitrogens with one attached hydrogen (secondary N) is 2. The standard InChI is InChI=1S/C22H21BF3N4O12PS/c1-44(40,41)30-7-6-29(22(30)35)21(34)28-17(10-3-5-12(43(37,38)39)16(26)15(10)25)19(31)27-13-8-9-2-4-11(24)14(20(32)33)18(9)42-23(13)36/h2-5,13,17,36H,6-8H2,1H3,(H,27,31)(H,28,34)(H,32,33)(H2,37,38,39)/t13-,17+/m0/s1. The van der Waals surface area contributed by atoms with Gasteiger partial charge in [-0.3, -0.25) is 9.36 Å². The Morgan fingerprint density at radius 3 is 2.34 bits per heavy atom. The second-order valence-corrected chi connectivity index (χ2v) is 13.0. The zero-order valence-electron chi connectivity index (χ0n) is 22.1. The van der Waals surface area contributed by atoms with Gasteiger partial charge in [0.1, 0.15) is 28.5 Å². The van der Waals surface area contributed by atoms with Crippen LogP contribution in [0.25, 0.3) is 0 Å². The molecule has 4 rings (SSSR count). The Bertz CT molecular complexity index is 1740. The summed E-state index contributed by atoms with van der Waals surface area (Å²) in [4.78, 5) is 69.3. The molecular formula is C22H21BF3N4O12PS. The lowest BCUT2D eigenvalue weighted by Gasteiger charge is -2.30. The third-order valence-electron chi connectivity index (χ3n) is 6.62. The number of amides is 5. The topological polar surface area (TPSA) is 240 Å². The van der Waals surface area contributed by atoms with Gasteiger partial charge in [0.15, 0.2) is 11.6 Å². The zero-order chi connectivity index (χ0) is 32.9. The van der Waals surface area contributed by atoms with E-state index in [9.17, 15) is 60.9 Å². The highest BCUT2D eigenvalue weighted by molar-refractivity contribution is 7.88. The van der Waals surface area contributed by atoms with E-state index in [4.69, 9.17) is 4.65 Å². The van der Waals surface area contributed by atoms with Crippen molar-refractivity contribution in [2.45, 2.75) is 18.4 Å². The number of fused-ring (bicyclic) bond motifs is 1. The Kier molecular flexibility index (Phi) is 8.73. The summed E-state index contributed by atoms with van der Waals surface area (Å²) >= 11 is 0. The number of halogens is 3. The van der Waals surface area contributed by atoms with Crippen molar-refractivity contribution >= 4 is 54.0 Å². The van der Waals surface area contributed by atoms with Gasteiger partial charge in [-0.05, 0) is 24.1 Å². The van der Waals surface area contributed by atoms with Gasteiger partial charge in [0.05, 0.1) is 25.3 Å². The highest BCUT2D eigenvalue weighted by atomic mass is 32.2. The number of urea groups is 2. The Morgan fingerprint density at radius 2 is 1.77 bits per heavy atom. The van der Waals surface area contributed by atoms with Gasteiger partial charge in [0.25, 0.3) is 0 Å². The van der Waals surface area contributed by atoms with Crippen LogP contribution in [0.15, 0.2) is 24.3 Å². The normalized spacial score (nSPS) is 17.6. The van der Waals surface area contributed by atoms with E-state index < -0.39 is 120 Å².